The Balaban J connectivity index is 1.36. The minimum absolute atomic E-state index is 0.0484. The number of carboxylic acids is 1. The summed E-state index contributed by atoms with van der Waals surface area (Å²) in [6.07, 6.45) is 8.09. The highest BCUT2D eigenvalue weighted by atomic mass is 35.5. The van der Waals surface area contributed by atoms with E-state index in [2.05, 4.69) is 21.6 Å². The number of aromatic nitrogens is 1. The van der Waals surface area contributed by atoms with Gasteiger partial charge in [-0.1, -0.05) is 24.4 Å². The van der Waals surface area contributed by atoms with Crippen molar-refractivity contribution in [1.82, 2.24) is 9.88 Å². The van der Waals surface area contributed by atoms with Gasteiger partial charge in [-0.3, -0.25) is 9.78 Å². The van der Waals surface area contributed by atoms with Gasteiger partial charge in [0.25, 0.3) is 0 Å². The molecule has 4 rings (SSSR count). The van der Waals surface area contributed by atoms with Crippen LogP contribution in [0.3, 0.4) is 0 Å². The van der Waals surface area contributed by atoms with Gasteiger partial charge in [-0.25, -0.2) is 0 Å². The van der Waals surface area contributed by atoms with Crippen molar-refractivity contribution >= 4 is 40.2 Å². The zero-order chi connectivity index (χ0) is 24.1. The maximum atomic E-state index is 12.1. The molecule has 3 atom stereocenters. The molecule has 2 heterocycles. The van der Waals surface area contributed by atoms with Crippen LogP contribution < -0.4 is 4.74 Å². The van der Waals surface area contributed by atoms with Gasteiger partial charge in [0.1, 0.15) is 5.75 Å². The number of ether oxygens (including phenoxy) is 1. The van der Waals surface area contributed by atoms with E-state index in [4.69, 9.17) is 16.3 Å². The molecule has 1 saturated heterocycles. The van der Waals surface area contributed by atoms with Gasteiger partial charge in [0, 0.05) is 41.2 Å². The standard InChI is InChI=1S/C26H35ClN2O4S/c1-33-18-7-8-23-20(14-18)25(22(27)15-28-23)24(30)9-6-17-10-11-29(16-21(17)26(31)32)12-13-34-19-4-2-3-5-19/h7-8,14-15,17,19,21,24,30H,2-6,9-13,16H2,1H3,(H,31,32)/t17?,21?,24-/m1/s1. The minimum atomic E-state index is -0.791. The Morgan fingerprint density at radius 2 is 2.12 bits per heavy atom. The quantitative estimate of drug-likeness (QED) is 0.445. The number of hydrogen-bond acceptors (Lipinski definition) is 6. The van der Waals surface area contributed by atoms with Crippen LogP contribution in [0.25, 0.3) is 10.9 Å². The SMILES string of the molecule is COc1ccc2ncc(Cl)c([C@H](O)CCC3CCN(CCSC4CCCC4)CC3C(=O)O)c2c1. The first kappa shape index (κ1) is 25.5. The molecule has 1 aromatic heterocycles. The van der Waals surface area contributed by atoms with Crippen molar-refractivity contribution in [1.29, 1.82) is 0 Å². The molecule has 2 aromatic rings. The van der Waals surface area contributed by atoms with Crippen LogP contribution in [0.4, 0.5) is 0 Å². The van der Waals surface area contributed by atoms with Gasteiger partial charge in [-0.05, 0) is 62.8 Å². The fourth-order valence-corrected chi connectivity index (χ4v) is 7.09. The Bertz CT molecular complexity index is 985. The van der Waals surface area contributed by atoms with E-state index >= 15 is 0 Å². The molecule has 1 aliphatic heterocycles. The van der Waals surface area contributed by atoms with Crippen LogP contribution in [0.1, 0.15) is 56.6 Å². The number of methoxy groups -OCH3 is 1. The number of carboxylic acid groups (broad SMARTS) is 1. The molecule has 8 heteroatoms. The molecular formula is C26H35ClN2O4S. The van der Waals surface area contributed by atoms with Crippen LogP contribution in [0.15, 0.2) is 24.4 Å². The molecule has 0 radical (unpaired) electrons. The summed E-state index contributed by atoms with van der Waals surface area (Å²) >= 11 is 8.50. The number of aliphatic hydroxyl groups excluding tert-OH is 1. The van der Waals surface area contributed by atoms with E-state index in [-0.39, 0.29) is 5.92 Å². The number of thioether (sulfide) groups is 1. The summed E-state index contributed by atoms with van der Waals surface area (Å²) < 4.78 is 5.34. The van der Waals surface area contributed by atoms with E-state index in [1.54, 1.807) is 13.3 Å². The number of halogens is 1. The van der Waals surface area contributed by atoms with Crippen molar-refractivity contribution in [3.63, 3.8) is 0 Å². The monoisotopic (exact) mass is 506 g/mol. The summed E-state index contributed by atoms with van der Waals surface area (Å²) in [6, 6.07) is 5.52. The van der Waals surface area contributed by atoms with Crippen molar-refractivity contribution in [3.8, 4) is 5.75 Å². The second kappa shape index (κ2) is 11.9. The van der Waals surface area contributed by atoms with Gasteiger partial charge in [-0.15, -0.1) is 0 Å². The highest BCUT2D eigenvalue weighted by Crippen LogP contribution is 2.37. The fourth-order valence-electron chi connectivity index (χ4n) is 5.45. The molecule has 0 spiro atoms. The first-order chi connectivity index (χ1) is 16.5. The zero-order valence-electron chi connectivity index (χ0n) is 19.8. The minimum Gasteiger partial charge on any atom is -0.497 e. The van der Waals surface area contributed by atoms with Gasteiger partial charge >= 0.3 is 5.97 Å². The summed E-state index contributed by atoms with van der Waals surface area (Å²) in [4.78, 5) is 18.7. The fraction of sp³-hybridized carbons (Fsp3) is 0.615. The Kier molecular flexibility index (Phi) is 8.97. The predicted molar refractivity (Wildman–Crippen MR) is 138 cm³/mol. The number of hydrogen-bond donors (Lipinski definition) is 2. The molecule has 2 fully saturated rings. The zero-order valence-corrected chi connectivity index (χ0v) is 21.4. The number of fused-ring (bicyclic) bond motifs is 1. The van der Waals surface area contributed by atoms with Crippen LogP contribution in [-0.2, 0) is 4.79 Å². The highest BCUT2D eigenvalue weighted by molar-refractivity contribution is 7.99. The number of nitrogens with zero attached hydrogens (tertiary/aromatic N) is 2. The van der Waals surface area contributed by atoms with Crippen molar-refractivity contribution in [2.75, 3.05) is 32.5 Å². The van der Waals surface area contributed by atoms with E-state index in [9.17, 15) is 15.0 Å². The number of pyridine rings is 1. The number of benzene rings is 1. The van der Waals surface area contributed by atoms with Crippen LogP contribution >= 0.6 is 23.4 Å². The number of aliphatic carboxylic acids is 1. The molecule has 0 bridgehead atoms. The molecule has 34 heavy (non-hydrogen) atoms. The third-order valence-corrected chi connectivity index (χ3v) is 9.10. The normalized spacial score (nSPS) is 22.8. The lowest BCUT2D eigenvalue weighted by Crippen LogP contribution is -2.44. The average molecular weight is 507 g/mol. The van der Waals surface area contributed by atoms with E-state index < -0.39 is 18.0 Å². The molecule has 0 amide bonds. The number of carbonyl (C=O) groups is 1. The van der Waals surface area contributed by atoms with Crippen LogP contribution in [0.2, 0.25) is 5.02 Å². The van der Waals surface area contributed by atoms with Gasteiger partial charge in [0.05, 0.1) is 29.7 Å². The summed E-state index contributed by atoms with van der Waals surface area (Å²) in [6.45, 7) is 2.48. The third kappa shape index (κ3) is 6.17. The predicted octanol–water partition coefficient (Wildman–Crippen LogP) is 5.41. The van der Waals surface area contributed by atoms with Crippen molar-refractivity contribution < 1.29 is 19.7 Å². The highest BCUT2D eigenvalue weighted by Gasteiger charge is 2.34. The number of likely N-dealkylation sites (tertiary alicyclic amines) is 1. The number of piperidine rings is 1. The van der Waals surface area contributed by atoms with Crippen LogP contribution in [0.5, 0.6) is 5.75 Å². The topological polar surface area (TPSA) is 82.9 Å². The lowest BCUT2D eigenvalue weighted by atomic mass is 9.81. The molecule has 2 aliphatic rings. The molecular weight excluding hydrogens is 472 g/mol. The molecule has 6 nitrogen and oxygen atoms in total. The first-order valence-corrected chi connectivity index (χ1v) is 13.8. The smallest absolute Gasteiger partial charge is 0.308 e. The van der Waals surface area contributed by atoms with Gasteiger partial charge < -0.3 is 19.8 Å². The third-order valence-electron chi connectivity index (χ3n) is 7.43. The first-order valence-electron chi connectivity index (χ1n) is 12.3. The molecule has 1 aromatic carbocycles. The maximum absolute atomic E-state index is 12.1. The molecule has 1 aliphatic carbocycles. The summed E-state index contributed by atoms with van der Waals surface area (Å²) in [5, 5.41) is 23.0. The molecule has 186 valence electrons. The van der Waals surface area contributed by atoms with E-state index in [1.807, 2.05) is 18.2 Å². The summed E-state index contributed by atoms with van der Waals surface area (Å²) in [5.41, 5.74) is 1.38. The Morgan fingerprint density at radius 3 is 2.85 bits per heavy atom. The Hall–Kier alpha value is -1.54. The summed E-state index contributed by atoms with van der Waals surface area (Å²) in [7, 11) is 1.60. The van der Waals surface area contributed by atoms with Crippen molar-refractivity contribution in [2.24, 2.45) is 11.8 Å². The number of aliphatic hydroxyl groups is 1. The lowest BCUT2D eigenvalue weighted by Gasteiger charge is -2.37. The maximum Gasteiger partial charge on any atom is 0.308 e. The second-order valence-electron chi connectivity index (χ2n) is 9.57. The van der Waals surface area contributed by atoms with Crippen molar-refractivity contribution in [3.05, 3.63) is 35.0 Å². The van der Waals surface area contributed by atoms with E-state index in [1.165, 1.54) is 25.7 Å². The van der Waals surface area contributed by atoms with Crippen molar-refractivity contribution in [2.45, 2.75) is 56.3 Å². The van der Waals surface area contributed by atoms with Gasteiger partial charge in [0.2, 0.25) is 0 Å². The van der Waals surface area contributed by atoms with E-state index in [0.717, 1.165) is 41.4 Å². The largest absolute Gasteiger partial charge is 0.497 e. The Morgan fingerprint density at radius 1 is 1.32 bits per heavy atom. The molecule has 2 unspecified atom stereocenters. The number of rotatable bonds is 10. The van der Waals surface area contributed by atoms with E-state index in [0.29, 0.717) is 35.7 Å². The van der Waals surface area contributed by atoms with Gasteiger partial charge in [-0.2, -0.15) is 11.8 Å². The van der Waals surface area contributed by atoms with Gasteiger partial charge in [0.15, 0.2) is 0 Å². The average Bonchev–Trinajstić information content (AvgIpc) is 3.36. The van der Waals surface area contributed by atoms with Crippen LogP contribution in [0, 0.1) is 11.8 Å². The second-order valence-corrected chi connectivity index (χ2v) is 11.4. The molecule has 1 saturated carbocycles. The summed E-state index contributed by atoms with van der Waals surface area (Å²) in [5.74, 6) is 0.672. The van der Waals surface area contributed by atoms with Crippen LogP contribution in [-0.4, -0.2) is 63.8 Å². The molecule has 2 N–H and O–H groups in total. The lowest BCUT2D eigenvalue weighted by molar-refractivity contribution is -0.146. The Labute approximate surface area is 211 Å².